The summed E-state index contributed by atoms with van der Waals surface area (Å²) in [5.41, 5.74) is 2.24. The third-order valence-electron chi connectivity index (χ3n) is 2.23. The van der Waals surface area contributed by atoms with Gasteiger partial charge in [0.1, 0.15) is 5.82 Å². The zero-order valence-electron chi connectivity index (χ0n) is 9.81. The fourth-order valence-electron chi connectivity index (χ4n) is 1.56. The van der Waals surface area contributed by atoms with Crippen LogP contribution < -0.4 is 5.32 Å². The minimum absolute atomic E-state index is 0.386. The molecule has 0 aromatic carbocycles. The highest BCUT2D eigenvalue weighted by atomic mass is 15.2. The Morgan fingerprint density at radius 2 is 2.12 bits per heavy atom. The van der Waals surface area contributed by atoms with Crippen LogP contribution in [0.2, 0.25) is 0 Å². The average Bonchev–Trinajstić information content (AvgIpc) is 2.64. The van der Waals surface area contributed by atoms with Gasteiger partial charge in [-0.1, -0.05) is 0 Å². The first kappa shape index (κ1) is 10.7. The fraction of sp³-hybridized carbons (Fsp3) is 0.333. The number of hydrogen-bond donors (Lipinski definition) is 1. The predicted molar refractivity (Wildman–Crippen MR) is 65.2 cm³/mol. The summed E-state index contributed by atoms with van der Waals surface area (Å²) in [5, 5.41) is 7.44. The number of pyridine rings is 1. The molecule has 4 nitrogen and oxygen atoms in total. The second-order valence-corrected chi connectivity index (χ2v) is 4.13. The van der Waals surface area contributed by atoms with Crippen LogP contribution in [0, 0.1) is 0 Å². The van der Waals surface area contributed by atoms with E-state index in [9.17, 15) is 0 Å². The first-order chi connectivity index (χ1) is 7.65. The van der Waals surface area contributed by atoms with E-state index in [1.54, 1.807) is 4.68 Å². The van der Waals surface area contributed by atoms with Gasteiger partial charge in [-0.25, -0.2) is 4.98 Å². The quantitative estimate of drug-likeness (QED) is 0.856. The Bertz CT molecular complexity index is 473. The maximum absolute atomic E-state index is 4.27. The maximum atomic E-state index is 4.27. The number of aryl methyl sites for hydroxylation is 1. The SMILES string of the molecule is CC(C)Nc1cc(-c2cnn(C)c2)ccn1. The number of hydrogen-bond acceptors (Lipinski definition) is 3. The predicted octanol–water partition coefficient (Wildman–Crippen LogP) is 2.30. The van der Waals surface area contributed by atoms with Crippen molar-refractivity contribution in [3.8, 4) is 11.1 Å². The molecule has 0 amide bonds. The summed E-state index contributed by atoms with van der Waals surface area (Å²) >= 11 is 0. The number of anilines is 1. The molecule has 0 radical (unpaired) electrons. The minimum atomic E-state index is 0.386. The van der Waals surface area contributed by atoms with Gasteiger partial charge < -0.3 is 5.32 Å². The van der Waals surface area contributed by atoms with Gasteiger partial charge >= 0.3 is 0 Å². The van der Waals surface area contributed by atoms with E-state index < -0.39 is 0 Å². The molecule has 0 fully saturated rings. The lowest BCUT2D eigenvalue weighted by Gasteiger charge is -2.09. The van der Waals surface area contributed by atoms with Crippen LogP contribution in [-0.2, 0) is 7.05 Å². The summed E-state index contributed by atoms with van der Waals surface area (Å²) in [6, 6.07) is 4.41. The molecule has 84 valence electrons. The van der Waals surface area contributed by atoms with Gasteiger partial charge in [-0.15, -0.1) is 0 Å². The number of rotatable bonds is 3. The van der Waals surface area contributed by atoms with Crippen LogP contribution in [-0.4, -0.2) is 20.8 Å². The molecule has 0 saturated carbocycles. The second-order valence-electron chi connectivity index (χ2n) is 4.13. The summed E-state index contributed by atoms with van der Waals surface area (Å²) in [7, 11) is 1.91. The van der Waals surface area contributed by atoms with Gasteiger partial charge in [0.05, 0.1) is 6.20 Å². The van der Waals surface area contributed by atoms with Crippen LogP contribution in [0.5, 0.6) is 0 Å². The Labute approximate surface area is 95.3 Å². The number of nitrogens with one attached hydrogen (secondary N) is 1. The molecule has 0 bridgehead atoms. The van der Waals surface area contributed by atoms with Gasteiger partial charge in [-0.05, 0) is 31.5 Å². The Morgan fingerprint density at radius 3 is 2.75 bits per heavy atom. The van der Waals surface area contributed by atoms with Crippen molar-refractivity contribution >= 4 is 5.82 Å². The van der Waals surface area contributed by atoms with E-state index in [2.05, 4.69) is 29.2 Å². The molecule has 0 aliphatic carbocycles. The van der Waals surface area contributed by atoms with Crippen molar-refractivity contribution in [2.75, 3.05) is 5.32 Å². The van der Waals surface area contributed by atoms with Crippen molar-refractivity contribution in [2.24, 2.45) is 7.05 Å². The van der Waals surface area contributed by atoms with E-state index in [0.29, 0.717) is 6.04 Å². The zero-order valence-corrected chi connectivity index (χ0v) is 9.81. The molecular weight excluding hydrogens is 200 g/mol. The number of nitrogens with zero attached hydrogens (tertiary/aromatic N) is 3. The summed E-state index contributed by atoms with van der Waals surface area (Å²) in [6.07, 6.45) is 5.66. The topological polar surface area (TPSA) is 42.7 Å². The molecule has 2 aromatic heterocycles. The van der Waals surface area contributed by atoms with Crippen LogP contribution in [0.1, 0.15) is 13.8 Å². The van der Waals surface area contributed by atoms with E-state index in [1.807, 2.05) is 37.8 Å². The second kappa shape index (κ2) is 4.35. The third kappa shape index (κ3) is 2.39. The molecule has 16 heavy (non-hydrogen) atoms. The Hall–Kier alpha value is -1.84. The van der Waals surface area contributed by atoms with Crippen molar-refractivity contribution in [1.82, 2.24) is 14.8 Å². The largest absolute Gasteiger partial charge is 0.368 e. The van der Waals surface area contributed by atoms with E-state index in [-0.39, 0.29) is 0 Å². The maximum Gasteiger partial charge on any atom is 0.126 e. The zero-order chi connectivity index (χ0) is 11.5. The number of aromatic nitrogens is 3. The molecule has 0 atom stereocenters. The lowest BCUT2D eigenvalue weighted by molar-refractivity contribution is 0.768. The summed E-state index contributed by atoms with van der Waals surface area (Å²) < 4.78 is 1.80. The lowest BCUT2D eigenvalue weighted by atomic mass is 10.1. The van der Waals surface area contributed by atoms with E-state index in [1.165, 1.54) is 0 Å². The molecule has 0 spiro atoms. The molecule has 2 rings (SSSR count). The van der Waals surface area contributed by atoms with Crippen LogP contribution in [0.25, 0.3) is 11.1 Å². The average molecular weight is 216 g/mol. The molecule has 0 aliphatic heterocycles. The van der Waals surface area contributed by atoms with Crippen molar-refractivity contribution in [2.45, 2.75) is 19.9 Å². The van der Waals surface area contributed by atoms with Crippen molar-refractivity contribution in [1.29, 1.82) is 0 Å². The van der Waals surface area contributed by atoms with E-state index in [0.717, 1.165) is 16.9 Å². The molecule has 2 heterocycles. The standard InChI is InChI=1S/C12H16N4/c1-9(2)15-12-6-10(4-5-13-12)11-7-14-16(3)8-11/h4-9H,1-3H3,(H,13,15). The van der Waals surface area contributed by atoms with Crippen molar-refractivity contribution in [3.05, 3.63) is 30.7 Å². The summed E-state index contributed by atoms with van der Waals surface area (Å²) in [6.45, 7) is 4.19. The Balaban J connectivity index is 2.28. The van der Waals surface area contributed by atoms with Gasteiger partial charge in [0, 0.05) is 31.0 Å². The normalized spacial score (nSPS) is 10.8. The van der Waals surface area contributed by atoms with Crippen molar-refractivity contribution in [3.63, 3.8) is 0 Å². The van der Waals surface area contributed by atoms with Gasteiger partial charge in [0.25, 0.3) is 0 Å². The highest BCUT2D eigenvalue weighted by molar-refractivity contribution is 5.64. The smallest absolute Gasteiger partial charge is 0.126 e. The molecule has 2 aromatic rings. The molecular formula is C12H16N4. The van der Waals surface area contributed by atoms with Gasteiger partial charge in [-0.2, -0.15) is 5.10 Å². The minimum Gasteiger partial charge on any atom is -0.368 e. The van der Waals surface area contributed by atoms with Crippen LogP contribution in [0.3, 0.4) is 0 Å². The van der Waals surface area contributed by atoms with Crippen LogP contribution in [0.4, 0.5) is 5.82 Å². The van der Waals surface area contributed by atoms with E-state index in [4.69, 9.17) is 0 Å². The van der Waals surface area contributed by atoms with Gasteiger partial charge in [-0.3, -0.25) is 4.68 Å². The molecule has 0 aliphatic rings. The lowest BCUT2D eigenvalue weighted by Crippen LogP contribution is -2.10. The monoisotopic (exact) mass is 216 g/mol. The Kier molecular flexibility index (Phi) is 2.90. The van der Waals surface area contributed by atoms with Crippen LogP contribution >= 0.6 is 0 Å². The first-order valence-corrected chi connectivity index (χ1v) is 5.37. The highest BCUT2D eigenvalue weighted by Crippen LogP contribution is 2.20. The highest BCUT2D eigenvalue weighted by Gasteiger charge is 2.02. The molecule has 4 heteroatoms. The fourth-order valence-corrected chi connectivity index (χ4v) is 1.56. The van der Waals surface area contributed by atoms with Crippen LogP contribution in [0.15, 0.2) is 30.7 Å². The molecule has 0 saturated heterocycles. The van der Waals surface area contributed by atoms with Gasteiger partial charge in [0.15, 0.2) is 0 Å². The van der Waals surface area contributed by atoms with Gasteiger partial charge in [0.2, 0.25) is 0 Å². The summed E-state index contributed by atoms with van der Waals surface area (Å²) in [5.74, 6) is 0.899. The first-order valence-electron chi connectivity index (χ1n) is 5.37. The molecule has 1 N–H and O–H groups in total. The Morgan fingerprint density at radius 1 is 1.31 bits per heavy atom. The van der Waals surface area contributed by atoms with Crippen molar-refractivity contribution < 1.29 is 0 Å². The van der Waals surface area contributed by atoms with E-state index >= 15 is 0 Å². The third-order valence-corrected chi connectivity index (χ3v) is 2.23. The molecule has 0 unspecified atom stereocenters. The summed E-state index contributed by atoms with van der Waals surface area (Å²) in [4.78, 5) is 4.27.